The van der Waals surface area contributed by atoms with Crippen LogP contribution in [0, 0.1) is 0 Å². The van der Waals surface area contributed by atoms with Gasteiger partial charge < -0.3 is 15.9 Å². The number of nitrogens with one attached hydrogen (secondary N) is 1. The summed E-state index contributed by atoms with van der Waals surface area (Å²) >= 11 is 0. The zero-order chi connectivity index (χ0) is 11.0. The molecule has 0 saturated heterocycles. The molecule has 0 aromatic heterocycles. The van der Waals surface area contributed by atoms with Gasteiger partial charge >= 0.3 is 5.97 Å². The molecule has 84 valence electrons. The van der Waals surface area contributed by atoms with Crippen molar-refractivity contribution in [3.05, 3.63) is 0 Å². The smallest absolute Gasteiger partial charge is 0.320 e. The molecule has 2 atom stereocenters. The highest BCUT2D eigenvalue weighted by atomic mass is 16.4. The second-order valence-electron chi connectivity index (χ2n) is 3.27. The van der Waals surface area contributed by atoms with Gasteiger partial charge in [0.25, 0.3) is 0 Å². The highest BCUT2D eigenvalue weighted by Gasteiger charge is 2.18. The van der Waals surface area contributed by atoms with Gasteiger partial charge in [-0.2, -0.15) is 0 Å². The van der Waals surface area contributed by atoms with E-state index in [0.29, 0.717) is 19.4 Å². The van der Waals surface area contributed by atoms with E-state index < -0.39 is 18.2 Å². The summed E-state index contributed by atoms with van der Waals surface area (Å²) in [4.78, 5) is 10.7. The minimum absolute atomic E-state index is 0.501. The molecule has 0 heterocycles. The van der Waals surface area contributed by atoms with E-state index in [-0.39, 0.29) is 0 Å². The highest BCUT2D eigenvalue weighted by molar-refractivity contribution is 5.73. The van der Waals surface area contributed by atoms with Gasteiger partial charge in [0.05, 0.1) is 0 Å². The van der Waals surface area contributed by atoms with Crippen LogP contribution >= 0.6 is 0 Å². The molecule has 0 aliphatic carbocycles. The maximum absolute atomic E-state index is 10.7. The minimum Gasteiger partial charge on any atom is -0.480 e. The van der Waals surface area contributed by atoms with Crippen LogP contribution in [0.15, 0.2) is 0 Å². The summed E-state index contributed by atoms with van der Waals surface area (Å²) in [5, 5.41) is 20.7. The summed E-state index contributed by atoms with van der Waals surface area (Å²) in [7, 11) is 0. The topological polar surface area (TPSA) is 95.6 Å². The SMILES string of the molecule is CCC(O)N[C@@H](CCCCN)C(=O)O. The first-order valence-corrected chi connectivity index (χ1v) is 4.98. The summed E-state index contributed by atoms with van der Waals surface area (Å²) in [5.74, 6) is -0.922. The van der Waals surface area contributed by atoms with Crippen molar-refractivity contribution < 1.29 is 15.0 Å². The van der Waals surface area contributed by atoms with Gasteiger partial charge in [-0.25, -0.2) is 0 Å². The molecule has 0 amide bonds. The van der Waals surface area contributed by atoms with Crippen molar-refractivity contribution in [3.63, 3.8) is 0 Å². The Balaban J connectivity index is 3.84. The molecule has 0 radical (unpaired) electrons. The van der Waals surface area contributed by atoms with E-state index in [1.54, 1.807) is 6.92 Å². The highest BCUT2D eigenvalue weighted by Crippen LogP contribution is 2.02. The van der Waals surface area contributed by atoms with Gasteiger partial charge in [-0.1, -0.05) is 13.3 Å². The maximum Gasteiger partial charge on any atom is 0.320 e. The Bertz CT molecular complexity index is 164. The van der Waals surface area contributed by atoms with Crippen LogP contribution in [0.2, 0.25) is 0 Å². The average Bonchev–Trinajstić information content (AvgIpc) is 2.16. The third-order valence-corrected chi connectivity index (χ3v) is 2.03. The van der Waals surface area contributed by atoms with Crippen LogP contribution in [0.25, 0.3) is 0 Å². The quantitative estimate of drug-likeness (QED) is 0.327. The largest absolute Gasteiger partial charge is 0.480 e. The number of aliphatic carboxylic acids is 1. The van der Waals surface area contributed by atoms with E-state index in [1.807, 2.05) is 0 Å². The number of carboxylic acid groups (broad SMARTS) is 1. The number of carbonyl (C=O) groups is 1. The molecule has 0 fully saturated rings. The number of unbranched alkanes of at least 4 members (excludes halogenated alkanes) is 1. The zero-order valence-corrected chi connectivity index (χ0v) is 8.57. The van der Waals surface area contributed by atoms with Crippen LogP contribution in [0.4, 0.5) is 0 Å². The number of hydrogen-bond donors (Lipinski definition) is 4. The number of hydrogen-bond acceptors (Lipinski definition) is 4. The molecule has 0 rings (SSSR count). The van der Waals surface area contributed by atoms with Crippen molar-refractivity contribution in [2.24, 2.45) is 5.73 Å². The molecule has 14 heavy (non-hydrogen) atoms. The first-order chi connectivity index (χ1) is 6.61. The lowest BCUT2D eigenvalue weighted by Gasteiger charge is -2.17. The second kappa shape index (κ2) is 7.73. The minimum atomic E-state index is -0.922. The van der Waals surface area contributed by atoms with Crippen molar-refractivity contribution in [1.29, 1.82) is 0 Å². The molecule has 5 nitrogen and oxygen atoms in total. The van der Waals surface area contributed by atoms with Crippen LogP contribution in [0.5, 0.6) is 0 Å². The predicted molar refractivity (Wildman–Crippen MR) is 53.8 cm³/mol. The first kappa shape index (κ1) is 13.4. The summed E-state index contributed by atoms with van der Waals surface area (Å²) in [5.41, 5.74) is 5.30. The molecule has 1 unspecified atom stereocenters. The molecule has 5 N–H and O–H groups in total. The van der Waals surface area contributed by atoms with Gasteiger partial charge in [0, 0.05) is 0 Å². The molecular formula is C9H20N2O3. The maximum atomic E-state index is 10.7. The molecule has 0 aromatic carbocycles. The lowest BCUT2D eigenvalue weighted by Crippen LogP contribution is -2.43. The second-order valence-corrected chi connectivity index (χ2v) is 3.27. The van der Waals surface area contributed by atoms with Crippen molar-refractivity contribution in [2.75, 3.05) is 6.54 Å². The lowest BCUT2D eigenvalue weighted by molar-refractivity contribution is -0.140. The summed E-state index contributed by atoms with van der Waals surface area (Å²) < 4.78 is 0. The average molecular weight is 204 g/mol. The molecule has 0 saturated carbocycles. The van der Waals surface area contributed by atoms with Crippen LogP contribution in [-0.2, 0) is 4.79 Å². The third-order valence-electron chi connectivity index (χ3n) is 2.03. The van der Waals surface area contributed by atoms with Crippen LogP contribution in [0.3, 0.4) is 0 Å². The molecule has 0 aliphatic heterocycles. The summed E-state index contributed by atoms with van der Waals surface area (Å²) in [6, 6.07) is -0.670. The third kappa shape index (κ3) is 5.90. The van der Waals surface area contributed by atoms with Crippen LogP contribution in [-0.4, -0.2) is 35.0 Å². The van der Waals surface area contributed by atoms with E-state index in [4.69, 9.17) is 10.8 Å². The Kier molecular flexibility index (Phi) is 7.37. The Morgan fingerprint density at radius 3 is 2.57 bits per heavy atom. The fraction of sp³-hybridized carbons (Fsp3) is 0.889. The van der Waals surface area contributed by atoms with Crippen molar-refractivity contribution >= 4 is 5.97 Å². The van der Waals surface area contributed by atoms with Gasteiger partial charge in [-0.3, -0.25) is 10.1 Å². The molecule has 0 bridgehead atoms. The summed E-state index contributed by atoms with van der Waals surface area (Å²) in [6.45, 7) is 2.36. The molecule has 0 aliphatic rings. The Morgan fingerprint density at radius 2 is 2.14 bits per heavy atom. The number of nitrogens with two attached hydrogens (primary N) is 1. The van der Waals surface area contributed by atoms with Crippen LogP contribution < -0.4 is 11.1 Å². The summed E-state index contributed by atoms with van der Waals surface area (Å²) in [6.07, 6.45) is 1.84. The molecule has 5 heteroatoms. The molecule has 0 aromatic rings. The Labute approximate surface area is 84.3 Å². The van der Waals surface area contributed by atoms with E-state index in [0.717, 1.165) is 12.8 Å². The van der Waals surface area contributed by atoms with Crippen molar-refractivity contribution in [2.45, 2.75) is 44.9 Å². The van der Waals surface area contributed by atoms with Gasteiger partial charge in [-0.05, 0) is 25.8 Å². The number of rotatable bonds is 8. The number of aliphatic hydroxyl groups excluding tert-OH is 1. The van der Waals surface area contributed by atoms with Gasteiger partial charge in [0.1, 0.15) is 12.3 Å². The Morgan fingerprint density at radius 1 is 1.50 bits per heavy atom. The van der Waals surface area contributed by atoms with Crippen LogP contribution in [0.1, 0.15) is 32.6 Å². The normalized spacial score (nSPS) is 15.1. The monoisotopic (exact) mass is 204 g/mol. The molecular weight excluding hydrogens is 184 g/mol. The first-order valence-electron chi connectivity index (χ1n) is 4.98. The van der Waals surface area contributed by atoms with E-state index >= 15 is 0 Å². The number of aliphatic hydroxyl groups is 1. The zero-order valence-electron chi connectivity index (χ0n) is 8.57. The van der Waals surface area contributed by atoms with E-state index in [9.17, 15) is 9.90 Å². The van der Waals surface area contributed by atoms with Crippen molar-refractivity contribution in [3.8, 4) is 0 Å². The predicted octanol–water partition coefficient (Wildman–Crippen LogP) is -0.113. The van der Waals surface area contributed by atoms with Gasteiger partial charge in [-0.15, -0.1) is 0 Å². The Hall–Kier alpha value is -0.650. The lowest BCUT2D eigenvalue weighted by atomic mass is 10.1. The van der Waals surface area contributed by atoms with Gasteiger partial charge in [0.2, 0.25) is 0 Å². The number of carboxylic acids is 1. The molecule has 0 spiro atoms. The fourth-order valence-corrected chi connectivity index (χ4v) is 1.12. The standard InChI is InChI=1S/C9H20N2O3/c1-2-8(12)11-7(9(13)14)5-3-4-6-10/h7-8,11-12H,2-6,10H2,1H3,(H,13,14)/t7-,8?/m0/s1. The fourth-order valence-electron chi connectivity index (χ4n) is 1.12. The van der Waals surface area contributed by atoms with E-state index in [2.05, 4.69) is 5.32 Å². The van der Waals surface area contributed by atoms with Gasteiger partial charge in [0.15, 0.2) is 0 Å². The van der Waals surface area contributed by atoms with E-state index in [1.165, 1.54) is 0 Å². The van der Waals surface area contributed by atoms with Crippen molar-refractivity contribution in [1.82, 2.24) is 5.32 Å².